The minimum atomic E-state index is -0.768. The zero-order valence-corrected chi connectivity index (χ0v) is 12.7. The predicted octanol–water partition coefficient (Wildman–Crippen LogP) is 2.07. The first-order valence-electron chi connectivity index (χ1n) is 7.03. The van der Waals surface area contributed by atoms with E-state index in [0.717, 1.165) is 5.39 Å². The van der Waals surface area contributed by atoms with Gasteiger partial charge in [0.25, 0.3) is 5.91 Å². The third kappa shape index (κ3) is 3.77. The SMILES string of the molecule is CN(CCC#N)C(=O)COC(=O)c1ccc2ccccc2c1O. The van der Waals surface area contributed by atoms with Crippen LogP contribution in [-0.4, -0.2) is 42.1 Å². The van der Waals surface area contributed by atoms with Gasteiger partial charge in [0, 0.05) is 19.0 Å². The molecule has 0 aliphatic heterocycles. The van der Waals surface area contributed by atoms with Gasteiger partial charge in [-0.15, -0.1) is 0 Å². The molecule has 2 rings (SSSR count). The largest absolute Gasteiger partial charge is 0.506 e. The predicted molar refractivity (Wildman–Crippen MR) is 83.8 cm³/mol. The van der Waals surface area contributed by atoms with Crippen molar-refractivity contribution in [3.05, 3.63) is 42.0 Å². The Labute approximate surface area is 133 Å². The highest BCUT2D eigenvalue weighted by Crippen LogP contribution is 2.28. The van der Waals surface area contributed by atoms with Crippen molar-refractivity contribution >= 4 is 22.6 Å². The average Bonchev–Trinajstić information content (AvgIpc) is 2.57. The molecule has 0 aromatic heterocycles. The highest BCUT2D eigenvalue weighted by molar-refractivity contribution is 6.01. The normalized spacial score (nSPS) is 10.1. The number of carbonyl (C=O) groups is 2. The molecule has 0 aliphatic carbocycles. The number of likely N-dealkylation sites (N-methyl/N-ethyl adjacent to an activating group) is 1. The Morgan fingerprint density at radius 1 is 1.26 bits per heavy atom. The summed E-state index contributed by atoms with van der Waals surface area (Å²) in [4.78, 5) is 25.1. The standard InChI is InChI=1S/C17H16N2O4/c1-19(10-4-9-18)15(20)11-23-17(22)14-8-7-12-5-2-3-6-13(12)16(14)21/h2-3,5-8,21H,4,10-11H2,1H3. The number of benzene rings is 2. The topological polar surface area (TPSA) is 90.6 Å². The lowest BCUT2D eigenvalue weighted by Crippen LogP contribution is -2.31. The molecule has 23 heavy (non-hydrogen) atoms. The van der Waals surface area contributed by atoms with Crippen LogP contribution in [0.4, 0.5) is 0 Å². The summed E-state index contributed by atoms with van der Waals surface area (Å²) in [5.41, 5.74) is 0.0103. The van der Waals surface area contributed by atoms with Gasteiger partial charge < -0.3 is 14.7 Å². The van der Waals surface area contributed by atoms with Crippen molar-refractivity contribution in [3.63, 3.8) is 0 Å². The number of hydrogen-bond donors (Lipinski definition) is 1. The van der Waals surface area contributed by atoms with E-state index in [-0.39, 0.29) is 24.3 Å². The van der Waals surface area contributed by atoms with Crippen molar-refractivity contribution in [2.75, 3.05) is 20.2 Å². The molecular formula is C17H16N2O4. The number of ether oxygens (including phenoxy) is 1. The van der Waals surface area contributed by atoms with Gasteiger partial charge in [-0.2, -0.15) is 5.26 Å². The van der Waals surface area contributed by atoms with E-state index in [4.69, 9.17) is 10.00 Å². The number of nitriles is 1. The molecule has 0 unspecified atom stereocenters. The highest BCUT2D eigenvalue weighted by Gasteiger charge is 2.17. The van der Waals surface area contributed by atoms with Crippen LogP contribution in [0.5, 0.6) is 5.75 Å². The first-order chi connectivity index (χ1) is 11.0. The molecule has 0 saturated heterocycles. The van der Waals surface area contributed by atoms with Gasteiger partial charge in [0.05, 0.1) is 12.5 Å². The molecule has 0 spiro atoms. The van der Waals surface area contributed by atoms with Crippen LogP contribution in [0.15, 0.2) is 36.4 Å². The van der Waals surface area contributed by atoms with Crippen molar-refractivity contribution in [1.82, 2.24) is 4.90 Å². The van der Waals surface area contributed by atoms with Crippen molar-refractivity contribution in [3.8, 4) is 11.8 Å². The zero-order chi connectivity index (χ0) is 16.8. The maximum Gasteiger partial charge on any atom is 0.342 e. The number of phenols is 1. The van der Waals surface area contributed by atoms with E-state index in [1.165, 1.54) is 18.0 Å². The van der Waals surface area contributed by atoms with Gasteiger partial charge in [0.15, 0.2) is 6.61 Å². The van der Waals surface area contributed by atoms with Crippen molar-refractivity contribution < 1.29 is 19.4 Å². The molecule has 0 fully saturated rings. The number of fused-ring (bicyclic) bond motifs is 1. The maximum absolute atomic E-state index is 12.0. The molecule has 118 valence electrons. The third-order valence-electron chi connectivity index (χ3n) is 3.43. The number of esters is 1. The molecule has 0 bridgehead atoms. The summed E-state index contributed by atoms with van der Waals surface area (Å²) >= 11 is 0. The Bertz CT molecular complexity index is 780. The first kappa shape index (κ1) is 16.3. The summed E-state index contributed by atoms with van der Waals surface area (Å²) in [6.45, 7) is -0.166. The number of amides is 1. The van der Waals surface area contributed by atoms with E-state index in [1.54, 1.807) is 18.2 Å². The van der Waals surface area contributed by atoms with E-state index < -0.39 is 18.5 Å². The van der Waals surface area contributed by atoms with Gasteiger partial charge >= 0.3 is 5.97 Å². The molecule has 2 aromatic carbocycles. The lowest BCUT2D eigenvalue weighted by atomic mass is 10.1. The monoisotopic (exact) mass is 312 g/mol. The van der Waals surface area contributed by atoms with Crippen LogP contribution in [0.25, 0.3) is 10.8 Å². The van der Waals surface area contributed by atoms with Crippen molar-refractivity contribution in [2.24, 2.45) is 0 Å². The first-order valence-corrected chi connectivity index (χ1v) is 7.03. The second-order valence-corrected chi connectivity index (χ2v) is 4.98. The van der Waals surface area contributed by atoms with Crippen LogP contribution in [0.2, 0.25) is 0 Å². The van der Waals surface area contributed by atoms with Crippen LogP contribution in [-0.2, 0) is 9.53 Å². The average molecular weight is 312 g/mol. The van der Waals surface area contributed by atoms with Crippen molar-refractivity contribution in [2.45, 2.75) is 6.42 Å². The fourth-order valence-electron chi connectivity index (χ4n) is 2.08. The van der Waals surface area contributed by atoms with Crippen molar-refractivity contribution in [1.29, 1.82) is 5.26 Å². The van der Waals surface area contributed by atoms with Gasteiger partial charge in [-0.1, -0.05) is 30.3 Å². The molecule has 1 amide bonds. The molecule has 2 aromatic rings. The lowest BCUT2D eigenvalue weighted by molar-refractivity contribution is -0.133. The van der Waals surface area contributed by atoms with Crippen LogP contribution in [0, 0.1) is 11.3 Å². The Morgan fingerprint density at radius 2 is 2.00 bits per heavy atom. The molecule has 1 N–H and O–H groups in total. The molecular weight excluding hydrogens is 296 g/mol. The lowest BCUT2D eigenvalue weighted by Gasteiger charge is -2.15. The summed E-state index contributed by atoms with van der Waals surface area (Å²) < 4.78 is 4.95. The van der Waals surface area contributed by atoms with Gasteiger partial charge in [-0.05, 0) is 11.5 Å². The summed E-state index contributed by atoms with van der Waals surface area (Å²) in [5.74, 6) is -1.34. The number of nitrogens with zero attached hydrogens (tertiary/aromatic N) is 2. The molecule has 0 atom stereocenters. The van der Waals surface area contributed by atoms with Crippen LogP contribution in [0.3, 0.4) is 0 Å². The van der Waals surface area contributed by atoms with E-state index in [9.17, 15) is 14.7 Å². The number of aromatic hydroxyl groups is 1. The van der Waals surface area contributed by atoms with Gasteiger partial charge in [-0.3, -0.25) is 4.79 Å². The summed E-state index contributed by atoms with van der Waals surface area (Å²) in [7, 11) is 1.53. The number of hydrogen-bond acceptors (Lipinski definition) is 5. The molecule has 0 saturated carbocycles. The zero-order valence-electron chi connectivity index (χ0n) is 12.7. The molecule has 0 radical (unpaired) electrons. The molecule has 6 nitrogen and oxygen atoms in total. The minimum absolute atomic E-state index is 0.0103. The molecule has 0 aliphatic rings. The van der Waals surface area contributed by atoms with Crippen LogP contribution in [0.1, 0.15) is 16.8 Å². The van der Waals surface area contributed by atoms with Gasteiger partial charge in [-0.25, -0.2) is 4.79 Å². The Hall–Kier alpha value is -3.07. The highest BCUT2D eigenvalue weighted by atomic mass is 16.5. The second-order valence-electron chi connectivity index (χ2n) is 4.98. The van der Waals surface area contributed by atoms with E-state index in [0.29, 0.717) is 5.39 Å². The Morgan fingerprint density at radius 3 is 2.74 bits per heavy atom. The minimum Gasteiger partial charge on any atom is -0.506 e. The maximum atomic E-state index is 12.0. The summed E-state index contributed by atoms with van der Waals surface area (Å²) in [6, 6.07) is 12.2. The number of carbonyl (C=O) groups excluding carboxylic acids is 2. The van der Waals surface area contributed by atoms with E-state index >= 15 is 0 Å². The van der Waals surface area contributed by atoms with E-state index in [2.05, 4.69) is 0 Å². The smallest absolute Gasteiger partial charge is 0.342 e. The third-order valence-corrected chi connectivity index (χ3v) is 3.43. The van der Waals surface area contributed by atoms with Gasteiger partial charge in [0.1, 0.15) is 11.3 Å². The van der Waals surface area contributed by atoms with E-state index in [1.807, 2.05) is 18.2 Å². The Kier molecular flexibility index (Phi) is 5.15. The molecule has 6 heteroatoms. The Balaban J connectivity index is 2.05. The van der Waals surface area contributed by atoms with Gasteiger partial charge in [0.2, 0.25) is 0 Å². The molecule has 0 heterocycles. The van der Waals surface area contributed by atoms with Crippen LogP contribution >= 0.6 is 0 Å². The van der Waals surface area contributed by atoms with Crippen LogP contribution < -0.4 is 0 Å². The summed E-state index contributed by atoms with van der Waals surface area (Å²) in [6.07, 6.45) is 0.210. The fourth-order valence-corrected chi connectivity index (χ4v) is 2.08. The summed E-state index contributed by atoms with van der Waals surface area (Å²) in [5, 5.41) is 20.0. The second kappa shape index (κ2) is 7.27. The fraction of sp³-hybridized carbons (Fsp3) is 0.235. The number of rotatable bonds is 5. The number of phenolic OH excluding ortho intramolecular Hbond substituents is 1. The quantitative estimate of drug-likeness (QED) is 0.854.